The van der Waals surface area contributed by atoms with Crippen LogP contribution in [-0.2, 0) is 6.54 Å². The first-order valence-corrected chi connectivity index (χ1v) is 6.97. The average Bonchev–Trinajstić information content (AvgIpc) is 2.37. The molecule has 0 saturated carbocycles. The molecule has 6 nitrogen and oxygen atoms in total. The van der Waals surface area contributed by atoms with Crippen LogP contribution in [0.15, 0.2) is 15.7 Å². The van der Waals surface area contributed by atoms with E-state index in [0.717, 1.165) is 32.4 Å². The first-order valence-electron chi connectivity index (χ1n) is 6.97. The van der Waals surface area contributed by atoms with Crippen LogP contribution in [0.2, 0.25) is 0 Å². The topological polar surface area (TPSA) is 78.9 Å². The number of aromatic amines is 1. The van der Waals surface area contributed by atoms with E-state index >= 15 is 0 Å². The minimum Gasteiger partial charge on any atom is -0.371 e. The van der Waals surface area contributed by atoms with Crippen molar-refractivity contribution in [3.8, 4) is 0 Å². The number of nitrogens with zero attached hydrogens (tertiary/aromatic N) is 1. The summed E-state index contributed by atoms with van der Waals surface area (Å²) in [5, 5.41) is 6.39. The molecular weight excluding hydrogens is 244 g/mol. The van der Waals surface area contributed by atoms with Gasteiger partial charge in [-0.15, -0.1) is 0 Å². The number of rotatable bonds is 9. The quantitative estimate of drug-likeness (QED) is 0.577. The molecule has 0 fully saturated rings. The summed E-state index contributed by atoms with van der Waals surface area (Å²) in [6.07, 6.45) is 3.13. The van der Waals surface area contributed by atoms with Crippen molar-refractivity contribution in [3.05, 3.63) is 26.9 Å². The summed E-state index contributed by atoms with van der Waals surface area (Å²) in [6.45, 7) is 7.14. The van der Waals surface area contributed by atoms with Crippen molar-refractivity contribution in [1.82, 2.24) is 14.9 Å². The molecule has 1 heterocycles. The fourth-order valence-electron chi connectivity index (χ4n) is 1.77. The van der Waals surface area contributed by atoms with Crippen molar-refractivity contribution >= 4 is 5.82 Å². The lowest BCUT2D eigenvalue weighted by molar-refractivity contribution is 0.574. The summed E-state index contributed by atoms with van der Waals surface area (Å²) < 4.78 is 1.57. The van der Waals surface area contributed by atoms with Gasteiger partial charge in [-0.25, -0.2) is 4.79 Å². The lowest BCUT2D eigenvalue weighted by Crippen LogP contribution is -2.34. The molecule has 0 radical (unpaired) electrons. The van der Waals surface area contributed by atoms with Gasteiger partial charge < -0.3 is 10.6 Å². The van der Waals surface area contributed by atoms with E-state index in [1.807, 2.05) is 0 Å². The fraction of sp³-hybridized carbons (Fsp3) is 0.692. The molecule has 1 rings (SSSR count). The van der Waals surface area contributed by atoms with Crippen LogP contribution >= 0.6 is 0 Å². The van der Waals surface area contributed by atoms with Crippen LogP contribution < -0.4 is 21.9 Å². The van der Waals surface area contributed by atoms with Crippen molar-refractivity contribution < 1.29 is 0 Å². The van der Waals surface area contributed by atoms with Gasteiger partial charge in [-0.2, -0.15) is 0 Å². The second-order valence-electron chi connectivity index (χ2n) is 4.51. The molecule has 0 aliphatic heterocycles. The smallest absolute Gasteiger partial charge is 0.329 e. The summed E-state index contributed by atoms with van der Waals surface area (Å²) in [6, 6.07) is 1.44. The van der Waals surface area contributed by atoms with E-state index in [1.54, 1.807) is 4.57 Å². The van der Waals surface area contributed by atoms with E-state index < -0.39 is 0 Å². The SMILES string of the molecule is CCCCNc1cc(=O)[nH]c(=O)n1CCNCCC. The minimum absolute atomic E-state index is 0.357. The number of aromatic nitrogens is 2. The molecule has 0 aliphatic rings. The third-order valence-corrected chi connectivity index (χ3v) is 2.81. The van der Waals surface area contributed by atoms with Crippen LogP contribution in [0.3, 0.4) is 0 Å². The molecule has 0 unspecified atom stereocenters. The lowest BCUT2D eigenvalue weighted by Gasteiger charge is -2.13. The number of H-pyrrole nitrogens is 1. The average molecular weight is 268 g/mol. The molecule has 1 aromatic heterocycles. The molecule has 0 aliphatic carbocycles. The zero-order chi connectivity index (χ0) is 14.1. The number of unbranched alkanes of at least 4 members (excludes halogenated alkanes) is 1. The van der Waals surface area contributed by atoms with E-state index in [4.69, 9.17) is 0 Å². The standard InChI is InChI=1S/C13H24N4O2/c1-3-5-7-15-11-10-12(18)16-13(19)17(11)9-8-14-6-4-2/h10,14-15H,3-9H2,1-2H3,(H,16,18,19). The maximum Gasteiger partial charge on any atom is 0.329 e. The highest BCUT2D eigenvalue weighted by Gasteiger charge is 2.05. The Labute approximate surface area is 113 Å². The Morgan fingerprint density at radius 3 is 2.63 bits per heavy atom. The van der Waals surface area contributed by atoms with Crippen LogP contribution in [0.1, 0.15) is 33.1 Å². The Balaban J connectivity index is 2.75. The van der Waals surface area contributed by atoms with Gasteiger partial charge in [0.2, 0.25) is 0 Å². The molecule has 6 heteroatoms. The minimum atomic E-state index is -0.359. The van der Waals surface area contributed by atoms with Crippen LogP contribution in [0.4, 0.5) is 5.82 Å². The first kappa shape index (κ1) is 15.5. The number of anilines is 1. The predicted octanol–water partition coefficient (Wildman–Crippen LogP) is 0.748. The van der Waals surface area contributed by atoms with E-state index in [-0.39, 0.29) is 11.2 Å². The molecule has 1 aromatic rings. The van der Waals surface area contributed by atoms with Gasteiger partial charge >= 0.3 is 5.69 Å². The highest BCUT2D eigenvalue weighted by molar-refractivity contribution is 5.33. The highest BCUT2D eigenvalue weighted by atomic mass is 16.2. The van der Waals surface area contributed by atoms with Gasteiger partial charge in [0.05, 0.1) is 0 Å². The lowest BCUT2D eigenvalue weighted by atomic mass is 10.3. The van der Waals surface area contributed by atoms with Crippen molar-refractivity contribution in [2.45, 2.75) is 39.7 Å². The van der Waals surface area contributed by atoms with Crippen molar-refractivity contribution in [3.63, 3.8) is 0 Å². The molecule has 0 amide bonds. The van der Waals surface area contributed by atoms with Crippen LogP contribution in [0, 0.1) is 0 Å². The van der Waals surface area contributed by atoms with Crippen LogP contribution in [-0.4, -0.2) is 29.2 Å². The Kier molecular flexibility index (Phi) is 6.95. The Morgan fingerprint density at radius 1 is 1.16 bits per heavy atom. The van der Waals surface area contributed by atoms with Gasteiger partial charge in [-0.3, -0.25) is 14.3 Å². The molecule has 3 N–H and O–H groups in total. The van der Waals surface area contributed by atoms with Crippen molar-refractivity contribution in [2.75, 3.05) is 25.0 Å². The number of nitrogens with one attached hydrogen (secondary N) is 3. The summed E-state index contributed by atoms with van der Waals surface area (Å²) in [5.41, 5.74) is -0.716. The van der Waals surface area contributed by atoms with Crippen LogP contribution in [0.25, 0.3) is 0 Å². The van der Waals surface area contributed by atoms with Crippen molar-refractivity contribution in [1.29, 1.82) is 0 Å². The molecule has 0 bridgehead atoms. The number of hydrogen-bond donors (Lipinski definition) is 3. The summed E-state index contributed by atoms with van der Waals surface area (Å²) in [7, 11) is 0. The summed E-state index contributed by atoms with van der Waals surface area (Å²) in [5.74, 6) is 0.598. The second kappa shape index (κ2) is 8.53. The van der Waals surface area contributed by atoms with E-state index in [0.29, 0.717) is 18.9 Å². The summed E-state index contributed by atoms with van der Waals surface area (Å²) >= 11 is 0. The van der Waals surface area contributed by atoms with Gasteiger partial charge in [-0.1, -0.05) is 20.3 Å². The third-order valence-electron chi connectivity index (χ3n) is 2.81. The van der Waals surface area contributed by atoms with E-state index in [1.165, 1.54) is 6.07 Å². The first-order chi connectivity index (χ1) is 9.19. The third kappa shape index (κ3) is 5.30. The molecule has 0 aromatic carbocycles. The zero-order valence-corrected chi connectivity index (χ0v) is 11.8. The zero-order valence-electron chi connectivity index (χ0n) is 11.8. The maximum absolute atomic E-state index is 11.8. The Hall–Kier alpha value is -1.56. The molecule has 0 saturated heterocycles. The number of hydrogen-bond acceptors (Lipinski definition) is 4. The fourth-order valence-corrected chi connectivity index (χ4v) is 1.77. The summed E-state index contributed by atoms with van der Waals surface area (Å²) in [4.78, 5) is 25.4. The maximum atomic E-state index is 11.8. The largest absolute Gasteiger partial charge is 0.371 e. The Bertz CT molecular complexity index is 478. The second-order valence-corrected chi connectivity index (χ2v) is 4.51. The predicted molar refractivity (Wildman–Crippen MR) is 77.9 cm³/mol. The molecule has 0 spiro atoms. The van der Waals surface area contributed by atoms with Gasteiger partial charge in [0.25, 0.3) is 5.56 Å². The highest BCUT2D eigenvalue weighted by Crippen LogP contribution is 2.01. The van der Waals surface area contributed by atoms with Crippen molar-refractivity contribution in [2.24, 2.45) is 0 Å². The van der Waals surface area contributed by atoms with Gasteiger partial charge in [-0.05, 0) is 19.4 Å². The van der Waals surface area contributed by atoms with Gasteiger partial charge in [0, 0.05) is 25.7 Å². The van der Waals surface area contributed by atoms with Gasteiger partial charge in [0.1, 0.15) is 5.82 Å². The van der Waals surface area contributed by atoms with Crippen LogP contribution in [0.5, 0.6) is 0 Å². The molecule has 19 heavy (non-hydrogen) atoms. The Morgan fingerprint density at radius 2 is 1.95 bits per heavy atom. The molecular formula is C13H24N4O2. The molecule has 0 atom stereocenters. The normalized spacial score (nSPS) is 10.6. The van der Waals surface area contributed by atoms with Gasteiger partial charge in [0.15, 0.2) is 0 Å². The van der Waals surface area contributed by atoms with E-state index in [9.17, 15) is 9.59 Å². The van der Waals surface area contributed by atoms with E-state index in [2.05, 4.69) is 29.5 Å². The molecule has 108 valence electrons. The monoisotopic (exact) mass is 268 g/mol.